The highest BCUT2D eigenvalue weighted by atomic mass is 19.4. The van der Waals surface area contributed by atoms with Crippen LogP contribution in [-0.2, 0) is 34.1 Å². The molecule has 2 aromatic carbocycles. The van der Waals surface area contributed by atoms with Crippen molar-refractivity contribution < 1.29 is 32.3 Å². The molecule has 3 aromatic rings. The smallest absolute Gasteiger partial charge is 0.435 e. The highest BCUT2D eigenvalue weighted by molar-refractivity contribution is 5.98. The Morgan fingerprint density at radius 2 is 1.71 bits per heavy atom. The van der Waals surface area contributed by atoms with Crippen LogP contribution in [0.5, 0.6) is 0 Å². The van der Waals surface area contributed by atoms with Crippen molar-refractivity contribution >= 4 is 18.3 Å². The quantitative estimate of drug-likeness (QED) is 0.369. The lowest BCUT2D eigenvalue weighted by atomic mass is 9.96. The zero-order chi connectivity index (χ0) is 25.6. The molecule has 1 N–H and O–H groups in total. The minimum Gasteiger partial charge on any atom is -0.467 e. The van der Waals surface area contributed by atoms with Crippen LogP contribution in [-0.4, -0.2) is 46.1 Å². The van der Waals surface area contributed by atoms with Gasteiger partial charge in [-0.05, 0) is 11.1 Å². The third kappa shape index (κ3) is 6.05. The fourth-order valence-electron chi connectivity index (χ4n) is 3.70. The van der Waals surface area contributed by atoms with E-state index in [0.29, 0.717) is 12.0 Å². The molecule has 8 nitrogen and oxygen atoms in total. The number of hydrogen-bond donors (Lipinski definition) is 1. The van der Waals surface area contributed by atoms with Gasteiger partial charge in [0.05, 0.1) is 18.7 Å². The number of benzene rings is 2. The van der Waals surface area contributed by atoms with Gasteiger partial charge in [-0.2, -0.15) is 18.3 Å². The number of esters is 1. The van der Waals surface area contributed by atoms with Crippen molar-refractivity contribution in [2.75, 3.05) is 7.11 Å². The van der Waals surface area contributed by atoms with Crippen LogP contribution in [0.15, 0.2) is 66.9 Å². The lowest BCUT2D eigenvalue weighted by molar-refractivity contribution is -0.145. The maximum atomic E-state index is 13.4. The third-order valence-corrected chi connectivity index (χ3v) is 5.24. The number of alkyl halides is 3. The second-order valence-electron chi connectivity index (χ2n) is 7.66. The Morgan fingerprint density at radius 1 is 1.11 bits per heavy atom. The van der Waals surface area contributed by atoms with E-state index in [-0.39, 0.29) is 6.54 Å². The summed E-state index contributed by atoms with van der Waals surface area (Å²) >= 11 is 0. The van der Waals surface area contributed by atoms with Gasteiger partial charge in [-0.3, -0.25) is 14.3 Å². The Kier molecular flexibility index (Phi) is 7.90. The predicted octanol–water partition coefficient (Wildman–Crippen LogP) is 3.11. The summed E-state index contributed by atoms with van der Waals surface area (Å²) in [5, 5.41) is 5.68. The van der Waals surface area contributed by atoms with Crippen molar-refractivity contribution in [2.45, 2.75) is 24.8 Å². The van der Waals surface area contributed by atoms with E-state index in [2.05, 4.69) is 10.4 Å². The van der Waals surface area contributed by atoms with E-state index in [1.54, 1.807) is 60.7 Å². The van der Waals surface area contributed by atoms with Gasteiger partial charge >= 0.3 is 12.1 Å². The topological polar surface area (TPSA) is 93.5 Å². The SMILES string of the molecule is COC(=O)C(NC(=O)c1cn(C)nc1C(F)(F)F)C(c1ccccc1)N(C=O)Cc1ccccc1. The molecule has 2 atom stereocenters. The van der Waals surface area contributed by atoms with Gasteiger partial charge in [0.2, 0.25) is 6.41 Å². The molecular formula is C24H23F3N4O4. The Morgan fingerprint density at radius 3 is 2.26 bits per heavy atom. The van der Waals surface area contributed by atoms with Gasteiger partial charge < -0.3 is 15.0 Å². The molecule has 0 aliphatic rings. The van der Waals surface area contributed by atoms with E-state index in [0.717, 1.165) is 23.6 Å². The first-order chi connectivity index (χ1) is 16.7. The number of amides is 2. The van der Waals surface area contributed by atoms with Crippen LogP contribution in [0.3, 0.4) is 0 Å². The van der Waals surface area contributed by atoms with Crippen molar-refractivity contribution in [1.29, 1.82) is 0 Å². The van der Waals surface area contributed by atoms with E-state index in [1.807, 2.05) is 0 Å². The van der Waals surface area contributed by atoms with Crippen molar-refractivity contribution in [3.63, 3.8) is 0 Å². The van der Waals surface area contributed by atoms with Gasteiger partial charge in [-0.15, -0.1) is 0 Å². The van der Waals surface area contributed by atoms with E-state index in [9.17, 15) is 27.6 Å². The summed E-state index contributed by atoms with van der Waals surface area (Å²) in [5.41, 5.74) is -0.953. The average molecular weight is 488 g/mol. The van der Waals surface area contributed by atoms with Crippen molar-refractivity contribution in [2.24, 2.45) is 7.05 Å². The van der Waals surface area contributed by atoms with Gasteiger partial charge in [0, 0.05) is 19.8 Å². The molecule has 1 aromatic heterocycles. The minimum atomic E-state index is -4.89. The number of carbonyl (C=O) groups is 3. The molecule has 2 unspecified atom stereocenters. The van der Waals surface area contributed by atoms with Crippen molar-refractivity contribution in [1.82, 2.24) is 20.0 Å². The Labute approximate surface area is 199 Å². The largest absolute Gasteiger partial charge is 0.467 e. The molecular weight excluding hydrogens is 465 g/mol. The molecule has 0 spiro atoms. The second kappa shape index (κ2) is 10.9. The molecule has 0 aliphatic heterocycles. The summed E-state index contributed by atoms with van der Waals surface area (Å²) < 4.78 is 46.0. The number of nitrogens with zero attached hydrogens (tertiary/aromatic N) is 3. The summed E-state index contributed by atoms with van der Waals surface area (Å²) in [6.07, 6.45) is -3.47. The fourth-order valence-corrected chi connectivity index (χ4v) is 3.70. The molecule has 0 radical (unpaired) electrons. The maximum Gasteiger partial charge on any atom is 0.435 e. The van der Waals surface area contributed by atoms with Crippen LogP contribution < -0.4 is 5.32 Å². The molecule has 3 rings (SSSR count). The summed E-state index contributed by atoms with van der Waals surface area (Å²) in [7, 11) is 2.32. The van der Waals surface area contributed by atoms with Crippen LogP contribution in [0.4, 0.5) is 13.2 Å². The van der Waals surface area contributed by atoms with Gasteiger partial charge in [-0.25, -0.2) is 4.79 Å². The van der Waals surface area contributed by atoms with Crippen LogP contribution in [0.2, 0.25) is 0 Å². The number of aryl methyl sites for hydroxylation is 1. The molecule has 184 valence electrons. The number of halogens is 3. The number of methoxy groups -OCH3 is 1. The molecule has 0 aliphatic carbocycles. The lowest BCUT2D eigenvalue weighted by Gasteiger charge is -2.34. The molecule has 11 heteroatoms. The van der Waals surface area contributed by atoms with Gasteiger partial charge in [-0.1, -0.05) is 60.7 Å². The standard InChI is InChI=1S/C24H23F3N4O4/c1-30-14-18(21(29-30)24(25,26)27)22(33)28-19(23(34)35-2)20(17-11-7-4-8-12-17)31(15-32)13-16-9-5-3-6-10-16/h3-12,14-15,19-20H,13H2,1-2H3,(H,28,33). The second-order valence-corrected chi connectivity index (χ2v) is 7.66. The molecule has 2 amide bonds. The summed E-state index contributed by atoms with van der Waals surface area (Å²) in [5.74, 6) is -2.13. The molecule has 0 fully saturated rings. The Bertz CT molecular complexity index is 1170. The maximum absolute atomic E-state index is 13.4. The van der Waals surface area contributed by atoms with Crippen LogP contribution in [0.25, 0.3) is 0 Å². The summed E-state index contributed by atoms with van der Waals surface area (Å²) in [6, 6.07) is 14.6. The third-order valence-electron chi connectivity index (χ3n) is 5.24. The lowest BCUT2D eigenvalue weighted by Crippen LogP contribution is -2.51. The zero-order valence-electron chi connectivity index (χ0n) is 18.9. The van der Waals surface area contributed by atoms with Crippen LogP contribution >= 0.6 is 0 Å². The average Bonchev–Trinajstić information content (AvgIpc) is 3.26. The van der Waals surface area contributed by atoms with Gasteiger partial charge in [0.15, 0.2) is 11.7 Å². The normalized spacial score (nSPS) is 12.9. The van der Waals surface area contributed by atoms with E-state index < -0.39 is 41.4 Å². The van der Waals surface area contributed by atoms with Crippen molar-refractivity contribution in [3.8, 4) is 0 Å². The van der Waals surface area contributed by atoms with E-state index in [1.165, 1.54) is 11.9 Å². The number of rotatable bonds is 9. The molecule has 0 saturated heterocycles. The number of nitrogens with one attached hydrogen (secondary N) is 1. The number of hydrogen-bond acceptors (Lipinski definition) is 5. The molecule has 1 heterocycles. The summed E-state index contributed by atoms with van der Waals surface area (Å²) in [6.45, 7) is 0.0635. The van der Waals surface area contributed by atoms with E-state index >= 15 is 0 Å². The van der Waals surface area contributed by atoms with Gasteiger partial charge in [0.25, 0.3) is 5.91 Å². The Balaban J connectivity index is 2.04. The summed E-state index contributed by atoms with van der Waals surface area (Å²) in [4.78, 5) is 39.3. The predicted molar refractivity (Wildman–Crippen MR) is 119 cm³/mol. The number of ether oxygens (including phenoxy) is 1. The van der Waals surface area contributed by atoms with Crippen LogP contribution in [0.1, 0.15) is 33.2 Å². The minimum absolute atomic E-state index is 0.0635. The van der Waals surface area contributed by atoms with Gasteiger partial charge in [0.1, 0.15) is 0 Å². The number of aromatic nitrogens is 2. The first-order valence-corrected chi connectivity index (χ1v) is 10.4. The first kappa shape index (κ1) is 25.5. The highest BCUT2D eigenvalue weighted by Gasteiger charge is 2.41. The number of carbonyl (C=O) groups excluding carboxylic acids is 3. The fraction of sp³-hybridized carbons (Fsp3) is 0.250. The Hall–Kier alpha value is -4.15. The van der Waals surface area contributed by atoms with E-state index in [4.69, 9.17) is 4.74 Å². The zero-order valence-corrected chi connectivity index (χ0v) is 18.9. The first-order valence-electron chi connectivity index (χ1n) is 10.4. The molecule has 0 saturated carbocycles. The molecule has 0 bridgehead atoms. The highest BCUT2D eigenvalue weighted by Crippen LogP contribution is 2.31. The molecule has 35 heavy (non-hydrogen) atoms. The monoisotopic (exact) mass is 488 g/mol. The van der Waals surface area contributed by atoms with Crippen molar-refractivity contribution in [3.05, 3.63) is 89.2 Å². The van der Waals surface area contributed by atoms with Crippen LogP contribution in [0, 0.1) is 0 Å².